The lowest BCUT2D eigenvalue weighted by atomic mass is 9.99. The number of nitriles is 1. The van der Waals surface area contributed by atoms with Crippen molar-refractivity contribution in [3.63, 3.8) is 0 Å². The molecule has 0 saturated carbocycles. The molecule has 1 heterocycles. The minimum absolute atomic E-state index is 0.180. The molecule has 2 rings (SSSR count). The highest BCUT2D eigenvalue weighted by Crippen LogP contribution is 2.18. The highest BCUT2D eigenvalue weighted by atomic mass is 16.5. The van der Waals surface area contributed by atoms with Crippen LogP contribution in [0.25, 0.3) is 0 Å². The number of hydrogen-bond acceptors (Lipinski definition) is 4. The summed E-state index contributed by atoms with van der Waals surface area (Å²) < 4.78 is 5.24. The predicted octanol–water partition coefficient (Wildman–Crippen LogP) is 1.45. The van der Waals surface area contributed by atoms with Gasteiger partial charge >= 0.3 is 6.03 Å². The maximum atomic E-state index is 11.9. The number of ether oxygens (including phenoxy) is 1. The van der Waals surface area contributed by atoms with Crippen LogP contribution in [0, 0.1) is 11.3 Å². The second-order valence-corrected chi connectivity index (χ2v) is 5.24. The van der Waals surface area contributed by atoms with Crippen molar-refractivity contribution in [2.45, 2.75) is 18.4 Å². The van der Waals surface area contributed by atoms with E-state index in [0.29, 0.717) is 24.4 Å². The average molecular weight is 288 g/mol. The number of hydrogen-bond donors (Lipinski definition) is 3. The molecular weight excluding hydrogens is 268 g/mol. The molecule has 21 heavy (non-hydrogen) atoms. The van der Waals surface area contributed by atoms with Gasteiger partial charge in [-0.1, -0.05) is 6.07 Å². The third-order valence-electron chi connectivity index (χ3n) is 3.59. The van der Waals surface area contributed by atoms with E-state index < -0.39 is 0 Å². The van der Waals surface area contributed by atoms with E-state index in [-0.39, 0.29) is 11.6 Å². The van der Waals surface area contributed by atoms with Crippen LogP contribution in [0.1, 0.15) is 18.4 Å². The minimum atomic E-state index is -0.283. The van der Waals surface area contributed by atoms with E-state index in [1.165, 1.54) is 0 Å². The first kappa shape index (κ1) is 15.3. The van der Waals surface area contributed by atoms with Crippen molar-refractivity contribution >= 4 is 11.7 Å². The van der Waals surface area contributed by atoms with E-state index in [4.69, 9.17) is 10.00 Å². The zero-order valence-corrected chi connectivity index (χ0v) is 12.1. The molecule has 3 N–H and O–H groups in total. The van der Waals surface area contributed by atoms with Gasteiger partial charge in [-0.05, 0) is 37.6 Å². The van der Waals surface area contributed by atoms with Crippen LogP contribution in [0.5, 0.6) is 0 Å². The quantitative estimate of drug-likeness (QED) is 0.765. The molecule has 0 aliphatic carbocycles. The van der Waals surface area contributed by atoms with Gasteiger partial charge in [0.25, 0.3) is 0 Å². The Morgan fingerprint density at radius 1 is 1.57 bits per heavy atom. The number of amides is 2. The third-order valence-corrected chi connectivity index (χ3v) is 3.59. The monoisotopic (exact) mass is 288 g/mol. The fourth-order valence-corrected chi connectivity index (χ4v) is 2.56. The Hall–Kier alpha value is -2.10. The first-order valence-corrected chi connectivity index (χ1v) is 6.96. The van der Waals surface area contributed by atoms with Crippen LogP contribution in [0.2, 0.25) is 0 Å². The van der Waals surface area contributed by atoms with E-state index >= 15 is 0 Å². The molecule has 1 unspecified atom stereocenters. The molecule has 6 nitrogen and oxygen atoms in total. The lowest BCUT2D eigenvalue weighted by Crippen LogP contribution is -2.53. The molecule has 112 valence electrons. The van der Waals surface area contributed by atoms with E-state index in [1.807, 2.05) is 6.07 Å². The summed E-state index contributed by atoms with van der Waals surface area (Å²) in [4.78, 5) is 11.9. The molecule has 1 atom stereocenters. The highest BCUT2D eigenvalue weighted by molar-refractivity contribution is 5.89. The van der Waals surface area contributed by atoms with Gasteiger partial charge in [0.1, 0.15) is 0 Å². The van der Waals surface area contributed by atoms with Crippen molar-refractivity contribution in [2.75, 3.05) is 32.1 Å². The molecule has 0 spiro atoms. The van der Waals surface area contributed by atoms with E-state index in [0.717, 1.165) is 19.4 Å². The van der Waals surface area contributed by atoms with Crippen molar-refractivity contribution in [2.24, 2.45) is 0 Å². The minimum Gasteiger partial charge on any atom is -0.383 e. The lowest BCUT2D eigenvalue weighted by Gasteiger charge is -2.28. The van der Waals surface area contributed by atoms with Gasteiger partial charge in [0.05, 0.1) is 23.8 Å². The summed E-state index contributed by atoms with van der Waals surface area (Å²) in [5.41, 5.74) is 0.938. The standard InChI is InChI=1S/C15H20N4O2/c1-21-11-15(6-3-7-18-15)10-17-14(20)19-13-5-2-4-12(8-13)9-16/h2,4-5,8,18H,3,6-7,10-11H2,1H3,(H2,17,19,20). The molecule has 0 bridgehead atoms. The van der Waals surface area contributed by atoms with Crippen LogP contribution < -0.4 is 16.0 Å². The average Bonchev–Trinajstić information content (AvgIpc) is 2.95. The normalized spacial score (nSPS) is 20.8. The number of nitrogens with zero attached hydrogens (tertiary/aromatic N) is 1. The topological polar surface area (TPSA) is 86.2 Å². The first-order valence-electron chi connectivity index (χ1n) is 6.96. The fraction of sp³-hybridized carbons (Fsp3) is 0.467. The van der Waals surface area contributed by atoms with Crippen LogP contribution in [-0.4, -0.2) is 38.4 Å². The Bertz CT molecular complexity index is 533. The maximum absolute atomic E-state index is 11.9. The van der Waals surface area contributed by atoms with Crippen molar-refractivity contribution < 1.29 is 9.53 Å². The number of carbonyl (C=O) groups is 1. The van der Waals surface area contributed by atoms with Crippen LogP contribution in [-0.2, 0) is 4.74 Å². The van der Waals surface area contributed by atoms with Gasteiger partial charge in [0.15, 0.2) is 0 Å². The van der Waals surface area contributed by atoms with Crippen molar-refractivity contribution in [3.05, 3.63) is 29.8 Å². The molecule has 6 heteroatoms. The fourth-order valence-electron chi connectivity index (χ4n) is 2.56. The first-order chi connectivity index (χ1) is 10.2. The Balaban J connectivity index is 1.88. The van der Waals surface area contributed by atoms with Gasteiger partial charge in [0, 0.05) is 19.3 Å². The summed E-state index contributed by atoms with van der Waals surface area (Å²) in [6, 6.07) is 8.57. The number of nitrogens with one attached hydrogen (secondary N) is 3. The second-order valence-electron chi connectivity index (χ2n) is 5.24. The molecule has 0 aromatic heterocycles. The Morgan fingerprint density at radius 3 is 3.10 bits per heavy atom. The van der Waals surface area contributed by atoms with E-state index in [2.05, 4.69) is 16.0 Å². The van der Waals surface area contributed by atoms with Gasteiger partial charge < -0.3 is 20.7 Å². The molecule has 1 fully saturated rings. The van der Waals surface area contributed by atoms with Crippen LogP contribution in [0.4, 0.5) is 10.5 Å². The smallest absolute Gasteiger partial charge is 0.319 e. The lowest BCUT2D eigenvalue weighted by molar-refractivity contribution is 0.120. The molecule has 0 radical (unpaired) electrons. The molecule has 1 aromatic carbocycles. The number of carbonyl (C=O) groups excluding carboxylic acids is 1. The van der Waals surface area contributed by atoms with Crippen LogP contribution >= 0.6 is 0 Å². The summed E-state index contributed by atoms with van der Waals surface area (Å²) in [6.45, 7) is 2.01. The maximum Gasteiger partial charge on any atom is 0.319 e. The van der Waals surface area contributed by atoms with Crippen molar-refractivity contribution in [3.8, 4) is 6.07 Å². The molecule has 1 aliphatic rings. The molecular formula is C15H20N4O2. The van der Waals surface area contributed by atoms with Gasteiger partial charge in [-0.15, -0.1) is 0 Å². The van der Waals surface area contributed by atoms with Crippen molar-refractivity contribution in [1.82, 2.24) is 10.6 Å². The highest BCUT2D eigenvalue weighted by Gasteiger charge is 2.33. The van der Waals surface area contributed by atoms with Crippen LogP contribution in [0.15, 0.2) is 24.3 Å². The van der Waals surface area contributed by atoms with Gasteiger partial charge in [-0.25, -0.2) is 4.79 Å². The summed E-state index contributed by atoms with van der Waals surface area (Å²) in [5, 5.41) is 17.8. The summed E-state index contributed by atoms with van der Waals surface area (Å²) >= 11 is 0. The number of rotatable bonds is 5. The van der Waals surface area contributed by atoms with E-state index in [1.54, 1.807) is 31.4 Å². The molecule has 1 aromatic rings. The number of anilines is 1. The zero-order chi connectivity index (χ0) is 15.1. The zero-order valence-electron chi connectivity index (χ0n) is 12.1. The van der Waals surface area contributed by atoms with Gasteiger partial charge in [-0.3, -0.25) is 0 Å². The summed E-state index contributed by atoms with van der Waals surface area (Å²) in [5.74, 6) is 0. The van der Waals surface area contributed by atoms with Crippen LogP contribution in [0.3, 0.4) is 0 Å². The molecule has 1 saturated heterocycles. The van der Waals surface area contributed by atoms with Gasteiger partial charge in [0.2, 0.25) is 0 Å². The predicted molar refractivity (Wildman–Crippen MR) is 80.0 cm³/mol. The Morgan fingerprint density at radius 2 is 2.43 bits per heavy atom. The number of methoxy groups -OCH3 is 1. The Kier molecular flexibility index (Phi) is 5.14. The number of benzene rings is 1. The van der Waals surface area contributed by atoms with Crippen molar-refractivity contribution in [1.29, 1.82) is 5.26 Å². The summed E-state index contributed by atoms with van der Waals surface area (Å²) in [6.07, 6.45) is 2.06. The molecule has 2 amide bonds. The third kappa shape index (κ3) is 4.18. The molecule has 1 aliphatic heterocycles. The largest absolute Gasteiger partial charge is 0.383 e. The van der Waals surface area contributed by atoms with Gasteiger partial charge in [-0.2, -0.15) is 5.26 Å². The van der Waals surface area contributed by atoms with E-state index in [9.17, 15) is 4.79 Å². The SMILES string of the molecule is COCC1(CNC(=O)Nc2cccc(C#N)c2)CCCN1. The summed E-state index contributed by atoms with van der Waals surface area (Å²) in [7, 11) is 1.66. The number of urea groups is 1. The Labute approximate surface area is 124 Å². The second kappa shape index (κ2) is 7.07.